The molecule has 23 heavy (non-hydrogen) atoms. The van der Waals surface area contributed by atoms with Gasteiger partial charge in [0.05, 0.1) is 12.2 Å². The summed E-state index contributed by atoms with van der Waals surface area (Å²) in [7, 11) is 0. The molecule has 1 amide bonds. The number of fused-ring (bicyclic) bond motifs is 1. The van der Waals surface area contributed by atoms with Crippen LogP contribution in [-0.4, -0.2) is 28.7 Å². The van der Waals surface area contributed by atoms with Gasteiger partial charge in [0, 0.05) is 30.2 Å². The van der Waals surface area contributed by atoms with Gasteiger partial charge in [0.1, 0.15) is 0 Å². The number of carbonyl (C=O) groups is 1. The first-order valence-electron chi connectivity index (χ1n) is 8.76. The molecule has 1 aromatic heterocycles. The summed E-state index contributed by atoms with van der Waals surface area (Å²) in [6.07, 6.45) is 9.56. The van der Waals surface area contributed by atoms with Crippen molar-refractivity contribution in [3.63, 3.8) is 0 Å². The van der Waals surface area contributed by atoms with Gasteiger partial charge in [-0.05, 0) is 24.8 Å². The molecule has 3 rings (SSSR count). The Morgan fingerprint density at radius 2 is 1.91 bits per heavy atom. The predicted molar refractivity (Wildman–Crippen MR) is 92.5 cm³/mol. The minimum absolute atomic E-state index is 0.00198. The maximum atomic E-state index is 12.6. The van der Waals surface area contributed by atoms with Gasteiger partial charge in [-0.2, -0.15) is 0 Å². The number of para-hydroxylation sites is 1. The molecular formula is C19H26N2O2. The molecule has 0 aliphatic heterocycles. The standard InChI is InChI=1S/C19H26N2O2/c22-12-11-21-14-17(16-9-5-6-10-18(16)21)19(23)20-13-15-7-3-1-2-4-8-15/h5-6,9-10,14-15,22H,1-4,7-8,11-13H2,(H,20,23). The number of aromatic nitrogens is 1. The van der Waals surface area contributed by atoms with E-state index in [0.717, 1.165) is 17.4 Å². The summed E-state index contributed by atoms with van der Waals surface area (Å²) in [5.74, 6) is 0.620. The Labute approximate surface area is 137 Å². The fraction of sp³-hybridized carbons (Fsp3) is 0.526. The highest BCUT2D eigenvalue weighted by Crippen LogP contribution is 2.23. The third kappa shape index (κ3) is 3.75. The van der Waals surface area contributed by atoms with Crippen molar-refractivity contribution in [2.24, 2.45) is 5.92 Å². The van der Waals surface area contributed by atoms with Gasteiger partial charge in [-0.3, -0.25) is 4.79 Å². The summed E-state index contributed by atoms with van der Waals surface area (Å²) in [6, 6.07) is 7.88. The van der Waals surface area contributed by atoms with Crippen molar-refractivity contribution in [1.82, 2.24) is 9.88 Å². The molecule has 0 unspecified atom stereocenters. The highest BCUT2D eigenvalue weighted by molar-refractivity contribution is 6.07. The zero-order valence-electron chi connectivity index (χ0n) is 13.6. The van der Waals surface area contributed by atoms with Crippen LogP contribution in [0.25, 0.3) is 10.9 Å². The van der Waals surface area contributed by atoms with Crippen LogP contribution in [0.5, 0.6) is 0 Å². The Morgan fingerprint density at radius 3 is 2.65 bits per heavy atom. The maximum Gasteiger partial charge on any atom is 0.253 e. The molecule has 1 aliphatic carbocycles. The van der Waals surface area contributed by atoms with Crippen LogP contribution in [0.3, 0.4) is 0 Å². The van der Waals surface area contributed by atoms with Crippen molar-refractivity contribution in [1.29, 1.82) is 0 Å². The number of hydrogen-bond donors (Lipinski definition) is 2. The van der Waals surface area contributed by atoms with E-state index in [2.05, 4.69) is 5.32 Å². The van der Waals surface area contributed by atoms with Crippen molar-refractivity contribution in [2.45, 2.75) is 45.1 Å². The maximum absolute atomic E-state index is 12.6. The summed E-state index contributed by atoms with van der Waals surface area (Å²) >= 11 is 0. The average Bonchev–Trinajstić information content (AvgIpc) is 2.75. The highest BCUT2D eigenvalue weighted by atomic mass is 16.3. The summed E-state index contributed by atoms with van der Waals surface area (Å²) < 4.78 is 1.95. The quantitative estimate of drug-likeness (QED) is 0.832. The van der Waals surface area contributed by atoms with Crippen molar-refractivity contribution in [3.8, 4) is 0 Å². The van der Waals surface area contributed by atoms with E-state index >= 15 is 0 Å². The van der Waals surface area contributed by atoms with Crippen molar-refractivity contribution in [3.05, 3.63) is 36.0 Å². The van der Waals surface area contributed by atoms with Crippen molar-refractivity contribution in [2.75, 3.05) is 13.2 Å². The van der Waals surface area contributed by atoms with Crippen LogP contribution >= 0.6 is 0 Å². The summed E-state index contributed by atoms with van der Waals surface area (Å²) in [5.41, 5.74) is 1.71. The molecule has 0 bridgehead atoms. The third-order valence-corrected chi connectivity index (χ3v) is 4.90. The number of benzene rings is 1. The van der Waals surface area contributed by atoms with Gasteiger partial charge in [-0.25, -0.2) is 0 Å². The fourth-order valence-corrected chi connectivity index (χ4v) is 3.62. The van der Waals surface area contributed by atoms with Gasteiger partial charge in [-0.1, -0.05) is 43.9 Å². The second kappa shape index (κ2) is 7.64. The molecular weight excluding hydrogens is 288 g/mol. The lowest BCUT2D eigenvalue weighted by molar-refractivity contribution is 0.0947. The molecule has 0 radical (unpaired) electrons. The number of nitrogens with zero attached hydrogens (tertiary/aromatic N) is 1. The molecule has 1 aromatic carbocycles. The average molecular weight is 314 g/mol. The van der Waals surface area contributed by atoms with Crippen LogP contribution in [0.2, 0.25) is 0 Å². The minimum Gasteiger partial charge on any atom is -0.395 e. The van der Waals surface area contributed by atoms with Crippen LogP contribution in [0.1, 0.15) is 48.9 Å². The first kappa shape index (κ1) is 16.1. The number of hydrogen-bond acceptors (Lipinski definition) is 2. The van der Waals surface area contributed by atoms with Crippen LogP contribution in [0, 0.1) is 5.92 Å². The van der Waals surface area contributed by atoms with E-state index in [1.807, 2.05) is 35.0 Å². The molecule has 1 saturated carbocycles. The number of nitrogens with one attached hydrogen (secondary N) is 1. The summed E-state index contributed by atoms with van der Waals surface area (Å²) in [5, 5.41) is 13.3. The Bertz CT molecular complexity index is 654. The number of rotatable bonds is 5. The SMILES string of the molecule is O=C(NCC1CCCCCC1)c1cn(CCO)c2ccccc12. The number of carbonyl (C=O) groups excluding carboxylic acids is 1. The number of aliphatic hydroxyl groups excluding tert-OH is 1. The molecule has 2 aromatic rings. The van der Waals surface area contributed by atoms with E-state index < -0.39 is 0 Å². The number of amides is 1. The van der Waals surface area contributed by atoms with Gasteiger partial charge < -0.3 is 15.0 Å². The van der Waals surface area contributed by atoms with E-state index in [1.54, 1.807) is 0 Å². The van der Waals surface area contributed by atoms with E-state index in [9.17, 15) is 9.90 Å². The molecule has 4 heteroatoms. The van der Waals surface area contributed by atoms with E-state index in [4.69, 9.17) is 0 Å². The van der Waals surface area contributed by atoms with E-state index in [-0.39, 0.29) is 12.5 Å². The number of aliphatic hydroxyl groups is 1. The lowest BCUT2D eigenvalue weighted by Crippen LogP contribution is -2.29. The molecule has 4 nitrogen and oxygen atoms in total. The zero-order chi connectivity index (χ0) is 16.1. The second-order valence-electron chi connectivity index (χ2n) is 6.54. The van der Waals surface area contributed by atoms with Gasteiger partial charge >= 0.3 is 0 Å². The summed E-state index contributed by atoms with van der Waals surface area (Å²) in [6.45, 7) is 1.36. The fourth-order valence-electron chi connectivity index (χ4n) is 3.62. The van der Waals surface area contributed by atoms with Crippen LogP contribution in [0.4, 0.5) is 0 Å². The van der Waals surface area contributed by atoms with Crippen LogP contribution < -0.4 is 5.32 Å². The molecule has 1 fully saturated rings. The van der Waals surface area contributed by atoms with Crippen molar-refractivity contribution < 1.29 is 9.90 Å². The summed E-state index contributed by atoms with van der Waals surface area (Å²) in [4.78, 5) is 12.6. The second-order valence-corrected chi connectivity index (χ2v) is 6.54. The highest BCUT2D eigenvalue weighted by Gasteiger charge is 2.17. The monoisotopic (exact) mass is 314 g/mol. The molecule has 1 heterocycles. The molecule has 0 spiro atoms. The lowest BCUT2D eigenvalue weighted by atomic mass is 10.0. The van der Waals surface area contributed by atoms with E-state index in [1.165, 1.54) is 38.5 Å². The molecule has 1 aliphatic rings. The van der Waals surface area contributed by atoms with E-state index in [0.29, 0.717) is 18.0 Å². The van der Waals surface area contributed by atoms with Gasteiger partial charge in [0.25, 0.3) is 5.91 Å². The third-order valence-electron chi connectivity index (χ3n) is 4.90. The molecule has 0 saturated heterocycles. The Balaban J connectivity index is 1.72. The largest absolute Gasteiger partial charge is 0.395 e. The lowest BCUT2D eigenvalue weighted by Gasteiger charge is -2.14. The van der Waals surface area contributed by atoms with Gasteiger partial charge in [0.15, 0.2) is 0 Å². The van der Waals surface area contributed by atoms with Crippen LogP contribution in [-0.2, 0) is 6.54 Å². The molecule has 0 atom stereocenters. The predicted octanol–water partition coefficient (Wildman–Crippen LogP) is 3.33. The topological polar surface area (TPSA) is 54.3 Å². The first-order chi connectivity index (χ1) is 11.3. The van der Waals surface area contributed by atoms with Crippen LogP contribution in [0.15, 0.2) is 30.5 Å². The smallest absolute Gasteiger partial charge is 0.253 e. The molecule has 2 N–H and O–H groups in total. The minimum atomic E-state index is 0.00198. The van der Waals surface area contributed by atoms with Gasteiger partial charge in [-0.15, -0.1) is 0 Å². The van der Waals surface area contributed by atoms with Gasteiger partial charge in [0.2, 0.25) is 0 Å². The Hall–Kier alpha value is -1.81. The Morgan fingerprint density at radius 1 is 1.17 bits per heavy atom. The first-order valence-corrected chi connectivity index (χ1v) is 8.76. The van der Waals surface area contributed by atoms with Crippen molar-refractivity contribution >= 4 is 16.8 Å². The Kier molecular flexibility index (Phi) is 5.34. The molecule has 124 valence electrons. The normalized spacial score (nSPS) is 16.4. The zero-order valence-corrected chi connectivity index (χ0v) is 13.6.